The van der Waals surface area contributed by atoms with E-state index in [1.165, 1.54) is 6.34 Å². The van der Waals surface area contributed by atoms with Crippen molar-refractivity contribution in [2.75, 3.05) is 0 Å². The third-order valence-electron chi connectivity index (χ3n) is 1.45. The lowest BCUT2D eigenvalue weighted by molar-refractivity contribution is 0.693. The van der Waals surface area contributed by atoms with Gasteiger partial charge in [0.2, 0.25) is 0 Å². The summed E-state index contributed by atoms with van der Waals surface area (Å²) in [4.78, 5) is 7.98. The average molecular weight is 184 g/mol. The summed E-state index contributed by atoms with van der Waals surface area (Å²) >= 11 is 4.76. The average Bonchev–Trinajstić information content (AvgIpc) is 2.50. The van der Waals surface area contributed by atoms with E-state index >= 15 is 0 Å². The van der Waals surface area contributed by atoms with Crippen LogP contribution in [0, 0.1) is 0 Å². The summed E-state index contributed by atoms with van der Waals surface area (Å²) in [6.45, 7) is 0. The Morgan fingerprint density at radius 1 is 1.58 bits per heavy atom. The highest BCUT2D eigenvalue weighted by Crippen LogP contribution is 2.06. The predicted molar refractivity (Wildman–Crippen MR) is 51.3 cm³/mol. The number of hydrogen-bond acceptors (Lipinski definition) is 5. The fourth-order valence-corrected chi connectivity index (χ4v) is 1.07. The molecule has 12 heavy (non-hydrogen) atoms. The molecule has 0 aromatic heterocycles. The van der Waals surface area contributed by atoms with Crippen LogP contribution in [0.25, 0.3) is 0 Å². The summed E-state index contributed by atoms with van der Waals surface area (Å²) in [6.07, 6.45) is 3.31. The molecule has 2 rings (SSSR count). The van der Waals surface area contributed by atoms with E-state index in [0.717, 1.165) is 11.5 Å². The Morgan fingerprint density at radius 3 is 3.17 bits per heavy atom. The van der Waals surface area contributed by atoms with Crippen molar-refractivity contribution in [1.29, 1.82) is 0 Å². The van der Waals surface area contributed by atoms with Gasteiger partial charge in [0.15, 0.2) is 5.84 Å². The third-order valence-corrected chi connectivity index (χ3v) is 1.73. The lowest BCUT2D eigenvalue weighted by Crippen LogP contribution is -2.47. The molecule has 4 N–H and O–H groups in total. The second-order valence-corrected chi connectivity index (χ2v) is 2.45. The molecule has 1 unspecified atom stereocenters. The van der Waals surface area contributed by atoms with E-state index in [1.54, 1.807) is 11.6 Å². The van der Waals surface area contributed by atoms with Gasteiger partial charge in [0.05, 0.1) is 0 Å². The molecular weight excluding hydrogens is 176 g/mol. The van der Waals surface area contributed by atoms with E-state index in [9.17, 15) is 0 Å². The molecule has 1 atom stereocenters. The number of thiocarbonyl (C=S) groups is 1. The van der Waals surface area contributed by atoms with Gasteiger partial charge in [0.25, 0.3) is 0 Å². The van der Waals surface area contributed by atoms with E-state index in [0.29, 0.717) is 0 Å². The number of rotatable bonds is 1. The zero-order valence-electron chi connectivity index (χ0n) is 6.11. The largest absolute Gasteiger partial charge is 0.412 e. The molecule has 0 radical (unpaired) electrons. The van der Waals surface area contributed by atoms with Crippen molar-refractivity contribution in [3.8, 4) is 0 Å². The van der Waals surface area contributed by atoms with E-state index in [2.05, 4.69) is 20.6 Å². The monoisotopic (exact) mass is 184 g/mol. The summed E-state index contributed by atoms with van der Waals surface area (Å²) in [6, 6.07) is 0. The fourth-order valence-electron chi connectivity index (χ4n) is 0.924. The minimum atomic E-state index is -0.00537. The molecule has 0 fully saturated rings. The molecule has 0 aromatic carbocycles. The highest BCUT2D eigenvalue weighted by molar-refractivity contribution is 7.79. The first-order valence-corrected chi connectivity index (χ1v) is 3.66. The Balaban J connectivity index is 0.000000720. The number of fused-ring (bicyclic) bond motifs is 1. The van der Waals surface area contributed by atoms with Crippen molar-refractivity contribution in [2.24, 2.45) is 9.98 Å². The predicted octanol–water partition coefficient (Wildman–Crippen LogP) is -1.04. The van der Waals surface area contributed by atoms with Gasteiger partial charge in [-0.05, 0) is 0 Å². The summed E-state index contributed by atoms with van der Waals surface area (Å²) in [5.74, 6) is 0.787. The molecule has 0 aromatic rings. The van der Waals surface area contributed by atoms with Crippen LogP contribution in [-0.4, -0.2) is 29.2 Å². The van der Waals surface area contributed by atoms with Gasteiger partial charge in [-0.2, -0.15) is 0 Å². The third kappa shape index (κ3) is 1.34. The number of aliphatic imine (C=N–C) groups is 2. The molecular formula is C6H8N4OS. The molecule has 2 heterocycles. The maximum Gasteiger partial charge on any atom is 0.157 e. The van der Waals surface area contributed by atoms with Crippen LogP contribution < -0.4 is 10.6 Å². The first-order valence-electron chi connectivity index (χ1n) is 3.19. The zero-order chi connectivity index (χ0) is 7.68. The zero-order valence-corrected chi connectivity index (χ0v) is 6.93. The number of nitrogens with zero attached hydrogens (tertiary/aromatic N) is 2. The fraction of sp³-hybridized carbons (Fsp3) is 0.167. The molecule has 0 saturated carbocycles. The first kappa shape index (κ1) is 8.82. The number of hydrogen-bond donors (Lipinski definition) is 2. The molecule has 64 valence electrons. The standard InChI is InChI=1S/C6H6N4S.H2O/c11-2-5-7-1-4-6(10-5)9-3-8-4;/h1-3,5,7H,(H,8,9,10);1H2. The van der Waals surface area contributed by atoms with Crippen molar-refractivity contribution in [1.82, 2.24) is 10.6 Å². The number of nitrogens with one attached hydrogen (secondary N) is 2. The Hall–Kier alpha value is -1.27. The summed E-state index contributed by atoms with van der Waals surface area (Å²) in [5, 5.41) is 7.67. The Kier molecular flexibility index (Phi) is 2.51. The Morgan fingerprint density at radius 2 is 2.42 bits per heavy atom. The van der Waals surface area contributed by atoms with Gasteiger partial charge in [-0.3, -0.25) is 0 Å². The van der Waals surface area contributed by atoms with Gasteiger partial charge in [-0.15, -0.1) is 0 Å². The second-order valence-electron chi connectivity index (χ2n) is 2.18. The van der Waals surface area contributed by atoms with Gasteiger partial charge in [-0.25, -0.2) is 9.98 Å². The van der Waals surface area contributed by atoms with Gasteiger partial charge in [-0.1, -0.05) is 12.2 Å². The van der Waals surface area contributed by atoms with Crippen LogP contribution >= 0.6 is 12.2 Å². The van der Waals surface area contributed by atoms with Crippen LogP contribution in [0.4, 0.5) is 0 Å². The maximum atomic E-state index is 4.76. The lowest BCUT2D eigenvalue weighted by atomic mass is 10.3. The van der Waals surface area contributed by atoms with Gasteiger partial charge < -0.3 is 16.1 Å². The number of amidine groups is 1. The molecule has 0 amide bonds. The van der Waals surface area contributed by atoms with Crippen molar-refractivity contribution < 1.29 is 5.48 Å². The smallest absolute Gasteiger partial charge is 0.157 e. The van der Waals surface area contributed by atoms with Crippen molar-refractivity contribution >= 4 is 29.8 Å². The van der Waals surface area contributed by atoms with Crippen LogP contribution in [0.5, 0.6) is 0 Å². The van der Waals surface area contributed by atoms with Crippen LogP contribution in [0.15, 0.2) is 21.9 Å². The molecule has 2 aliphatic heterocycles. The van der Waals surface area contributed by atoms with E-state index in [-0.39, 0.29) is 11.6 Å². The van der Waals surface area contributed by atoms with E-state index in [4.69, 9.17) is 12.2 Å². The normalized spacial score (nSPS) is 23.8. The SMILES string of the molecule is O.S=CC1NC=C2N=CN=C2N1. The Labute approximate surface area is 74.6 Å². The minimum Gasteiger partial charge on any atom is -0.412 e. The van der Waals surface area contributed by atoms with Crippen molar-refractivity contribution in [3.63, 3.8) is 0 Å². The molecule has 2 aliphatic rings. The van der Waals surface area contributed by atoms with Crippen molar-refractivity contribution in [2.45, 2.75) is 6.17 Å². The van der Waals surface area contributed by atoms with Gasteiger partial charge in [0.1, 0.15) is 18.2 Å². The topological polar surface area (TPSA) is 80.3 Å². The van der Waals surface area contributed by atoms with Crippen molar-refractivity contribution in [3.05, 3.63) is 11.9 Å². The van der Waals surface area contributed by atoms with Crippen LogP contribution in [0.2, 0.25) is 0 Å². The molecule has 0 saturated heterocycles. The molecule has 0 aliphatic carbocycles. The Bertz CT molecular complexity index is 283. The van der Waals surface area contributed by atoms with E-state index < -0.39 is 0 Å². The molecule has 6 heteroatoms. The van der Waals surface area contributed by atoms with Crippen LogP contribution in [0.1, 0.15) is 0 Å². The summed E-state index contributed by atoms with van der Waals surface area (Å²) in [5.41, 5.74) is 0.832. The maximum absolute atomic E-state index is 4.76. The van der Waals surface area contributed by atoms with Gasteiger partial charge in [0, 0.05) is 11.6 Å². The molecule has 5 nitrogen and oxygen atoms in total. The quantitative estimate of drug-likeness (QED) is 0.511. The first-order chi connectivity index (χ1) is 5.40. The second kappa shape index (κ2) is 3.42. The summed E-state index contributed by atoms with van der Waals surface area (Å²) in [7, 11) is 0. The van der Waals surface area contributed by atoms with Gasteiger partial charge >= 0.3 is 0 Å². The van der Waals surface area contributed by atoms with Crippen LogP contribution in [-0.2, 0) is 0 Å². The van der Waals surface area contributed by atoms with Crippen LogP contribution in [0.3, 0.4) is 0 Å². The highest BCUT2D eigenvalue weighted by atomic mass is 32.1. The summed E-state index contributed by atoms with van der Waals surface area (Å²) < 4.78 is 0. The minimum absolute atomic E-state index is 0. The van der Waals surface area contributed by atoms with E-state index in [1.807, 2.05) is 0 Å². The lowest BCUT2D eigenvalue weighted by Gasteiger charge is -2.20. The molecule has 0 bridgehead atoms. The molecule has 0 spiro atoms. The highest BCUT2D eigenvalue weighted by Gasteiger charge is 2.17.